The highest BCUT2D eigenvalue weighted by Crippen LogP contribution is 2.42. The monoisotopic (exact) mass is 452 g/mol. The van der Waals surface area contributed by atoms with Gasteiger partial charge in [-0.05, 0) is 36.8 Å². The van der Waals surface area contributed by atoms with E-state index in [0.717, 1.165) is 12.1 Å². The topological polar surface area (TPSA) is 127 Å². The molecule has 1 aromatic rings. The molecule has 0 aliphatic carbocycles. The Morgan fingerprint density at radius 3 is 2.87 bits per heavy atom. The van der Waals surface area contributed by atoms with Crippen molar-refractivity contribution in [2.75, 3.05) is 24.6 Å². The molecule has 0 spiro atoms. The fourth-order valence-corrected chi connectivity index (χ4v) is 5.58. The van der Waals surface area contributed by atoms with Crippen molar-refractivity contribution >= 4 is 41.4 Å². The number of nitrogens with zero attached hydrogens (tertiary/aromatic N) is 6. The molecule has 0 saturated carbocycles. The van der Waals surface area contributed by atoms with Gasteiger partial charge >= 0.3 is 5.97 Å². The molecule has 0 bridgehead atoms. The third-order valence-electron chi connectivity index (χ3n) is 4.56. The summed E-state index contributed by atoms with van der Waals surface area (Å²) in [5.41, 5.74) is 0.506. The highest BCUT2D eigenvalue weighted by Gasteiger charge is 2.54. The van der Waals surface area contributed by atoms with Gasteiger partial charge in [0.05, 0.1) is 6.54 Å². The number of rotatable bonds is 5. The summed E-state index contributed by atoms with van der Waals surface area (Å²) in [4.78, 5) is 31.9. The third kappa shape index (κ3) is 4.13. The van der Waals surface area contributed by atoms with E-state index in [1.807, 2.05) is 20.8 Å². The van der Waals surface area contributed by atoms with Crippen molar-refractivity contribution in [1.82, 2.24) is 35.7 Å². The molecule has 2 atom stereocenters. The number of aliphatic imine (C=N–C) groups is 1. The van der Waals surface area contributed by atoms with Crippen LogP contribution in [0.3, 0.4) is 0 Å². The zero-order valence-corrected chi connectivity index (χ0v) is 18.8. The predicted molar refractivity (Wildman–Crippen MR) is 113 cm³/mol. The fourth-order valence-electron chi connectivity index (χ4n) is 3.25. The Balaban J connectivity index is 1.56. The largest absolute Gasteiger partial charge is 0.455 e. The Morgan fingerprint density at radius 1 is 1.43 bits per heavy atom. The average Bonchev–Trinajstić information content (AvgIpc) is 3.33. The quantitative estimate of drug-likeness (QED) is 0.350. The molecule has 4 heterocycles. The summed E-state index contributed by atoms with van der Waals surface area (Å²) in [6, 6.07) is -0.422. The van der Waals surface area contributed by atoms with Gasteiger partial charge in [0.2, 0.25) is 5.16 Å². The zero-order valence-electron chi connectivity index (χ0n) is 17.2. The minimum absolute atomic E-state index is 0.160. The van der Waals surface area contributed by atoms with Crippen LogP contribution in [0.15, 0.2) is 21.4 Å². The van der Waals surface area contributed by atoms with Crippen LogP contribution in [-0.4, -0.2) is 84.6 Å². The number of hydrogen-bond donors (Lipinski definition) is 2. The Hall–Kier alpha value is -2.28. The second-order valence-corrected chi connectivity index (χ2v) is 10.1. The predicted octanol–water partition coefficient (Wildman–Crippen LogP) is -0.269. The molecule has 1 amide bonds. The van der Waals surface area contributed by atoms with E-state index < -0.39 is 17.6 Å². The minimum atomic E-state index is -0.663. The number of thioether (sulfide) groups is 2. The molecule has 13 heteroatoms. The van der Waals surface area contributed by atoms with Crippen LogP contribution in [0.1, 0.15) is 20.8 Å². The van der Waals surface area contributed by atoms with Crippen molar-refractivity contribution in [3.8, 4) is 0 Å². The van der Waals surface area contributed by atoms with Crippen LogP contribution >= 0.6 is 23.5 Å². The van der Waals surface area contributed by atoms with Crippen LogP contribution in [0.25, 0.3) is 0 Å². The van der Waals surface area contributed by atoms with Crippen LogP contribution in [0.5, 0.6) is 0 Å². The second-order valence-electron chi connectivity index (χ2n) is 8.02. The normalized spacial score (nSPS) is 23.5. The van der Waals surface area contributed by atoms with Gasteiger partial charge in [-0.1, -0.05) is 11.8 Å². The first-order chi connectivity index (χ1) is 14.2. The molecule has 1 aromatic heterocycles. The second kappa shape index (κ2) is 8.10. The van der Waals surface area contributed by atoms with Gasteiger partial charge < -0.3 is 15.4 Å². The molecule has 3 aliphatic heterocycles. The van der Waals surface area contributed by atoms with Crippen molar-refractivity contribution in [2.24, 2.45) is 12.0 Å². The van der Waals surface area contributed by atoms with Crippen molar-refractivity contribution in [3.05, 3.63) is 11.3 Å². The molecular formula is C17H24N8O3S2. The molecule has 4 rings (SSSR count). The number of nitrogens with one attached hydrogen (secondary N) is 2. The Bertz CT molecular complexity index is 922. The molecule has 162 valence electrons. The van der Waals surface area contributed by atoms with E-state index in [2.05, 4.69) is 31.2 Å². The highest BCUT2D eigenvalue weighted by molar-refractivity contribution is 8.01. The standard InChI is InChI=1S/C17H24N8O3S2/c1-17(2,3)28-14(27)11-9(8-30-16-21-22-23-24(16)4)7-29-13-10(12(26)25(11)13)20-15-18-5-6-19-15/h10,13H,5-8H2,1-4H3,(H2,18,19,20)/t10-,13?/m1/s1. The Morgan fingerprint density at radius 2 is 2.23 bits per heavy atom. The van der Waals surface area contributed by atoms with Crippen LogP contribution < -0.4 is 10.6 Å². The van der Waals surface area contributed by atoms with E-state index in [9.17, 15) is 9.59 Å². The highest BCUT2D eigenvalue weighted by atomic mass is 32.2. The first-order valence-electron chi connectivity index (χ1n) is 9.54. The van der Waals surface area contributed by atoms with Gasteiger partial charge in [-0.25, -0.2) is 9.48 Å². The molecule has 0 aromatic carbocycles. The lowest BCUT2D eigenvalue weighted by Crippen LogP contribution is -2.71. The Labute approximate surface area is 182 Å². The van der Waals surface area contributed by atoms with E-state index in [1.54, 1.807) is 28.4 Å². The van der Waals surface area contributed by atoms with E-state index >= 15 is 0 Å². The molecule has 0 radical (unpaired) electrons. The van der Waals surface area contributed by atoms with E-state index in [0.29, 0.717) is 34.9 Å². The van der Waals surface area contributed by atoms with Crippen molar-refractivity contribution in [2.45, 2.75) is 42.9 Å². The lowest BCUT2D eigenvalue weighted by Gasteiger charge is -2.50. The fraction of sp³-hybridized carbons (Fsp3) is 0.647. The maximum absolute atomic E-state index is 13.0. The molecule has 1 unspecified atom stereocenters. The number of aryl methyl sites for hydroxylation is 1. The summed E-state index contributed by atoms with van der Waals surface area (Å²) >= 11 is 3.04. The molecule has 1 saturated heterocycles. The van der Waals surface area contributed by atoms with Gasteiger partial charge in [0.25, 0.3) is 5.91 Å². The molecular weight excluding hydrogens is 428 g/mol. The van der Waals surface area contributed by atoms with E-state index in [1.165, 1.54) is 11.8 Å². The Kier molecular flexibility index (Phi) is 5.66. The summed E-state index contributed by atoms with van der Waals surface area (Å²) < 4.78 is 7.20. The van der Waals surface area contributed by atoms with Crippen LogP contribution in [0, 0.1) is 0 Å². The number of ether oxygens (including phenoxy) is 1. The minimum Gasteiger partial charge on any atom is -0.455 e. The van der Waals surface area contributed by atoms with E-state index in [4.69, 9.17) is 4.74 Å². The van der Waals surface area contributed by atoms with Gasteiger partial charge in [-0.2, -0.15) is 0 Å². The smallest absolute Gasteiger partial charge is 0.355 e. The van der Waals surface area contributed by atoms with Gasteiger partial charge in [0.15, 0.2) is 5.96 Å². The number of esters is 1. The number of fused-ring (bicyclic) bond motifs is 1. The van der Waals surface area contributed by atoms with Gasteiger partial charge in [0, 0.05) is 25.1 Å². The number of aromatic nitrogens is 4. The summed E-state index contributed by atoms with van der Waals surface area (Å²) in [5, 5.41) is 18.2. The number of tetrazole rings is 1. The third-order valence-corrected chi connectivity index (χ3v) is 7.00. The first kappa shape index (κ1) is 21.0. The molecule has 3 aliphatic rings. The van der Waals surface area contributed by atoms with Gasteiger partial charge in [0.1, 0.15) is 22.7 Å². The van der Waals surface area contributed by atoms with Crippen molar-refractivity contribution in [1.29, 1.82) is 0 Å². The van der Waals surface area contributed by atoms with Gasteiger partial charge in [-0.3, -0.25) is 14.7 Å². The molecule has 30 heavy (non-hydrogen) atoms. The molecule has 2 N–H and O–H groups in total. The lowest BCUT2D eigenvalue weighted by molar-refractivity contribution is -0.158. The summed E-state index contributed by atoms with van der Waals surface area (Å²) in [7, 11) is 1.76. The molecule has 1 fully saturated rings. The average molecular weight is 453 g/mol. The summed E-state index contributed by atoms with van der Waals surface area (Å²) in [6.45, 7) is 6.88. The van der Waals surface area contributed by atoms with Crippen molar-refractivity contribution in [3.63, 3.8) is 0 Å². The number of carbonyl (C=O) groups excluding carboxylic acids is 2. The number of guanidine groups is 1. The van der Waals surface area contributed by atoms with E-state index in [-0.39, 0.29) is 11.3 Å². The van der Waals surface area contributed by atoms with Crippen LogP contribution in [-0.2, 0) is 21.4 Å². The zero-order chi connectivity index (χ0) is 21.5. The summed E-state index contributed by atoms with van der Waals surface area (Å²) in [5.74, 6) is 1.08. The maximum Gasteiger partial charge on any atom is 0.355 e. The number of amides is 1. The first-order valence-corrected chi connectivity index (χ1v) is 11.6. The van der Waals surface area contributed by atoms with Crippen LogP contribution in [0.2, 0.25) is 0 Å². The van der Waals surface area contributed by atoms with Crippen molar-refractivity contribution < 1.29 is 14.3 Å². The number of carbonyl (C=O) groups is 2. The maximum atomic E-state index is 13.0. The number of hydrogen-bond acceptors (Lipinski definition) is 11. The molecule has 11 nitrogen and oxygen atoms in total. The number of β-lactam (4-membered cyclic amide) rings is 1. The SMILES string of the molecule is Cn1nnnc1SCC1=C(C(=O)OC(C)(C)C)N2C(=O)[C@@H](NC3=NCCN3)C2SC1. The lowest BCUT2D eigenvalue weighted by atomic mass is 10.0. The van der Waals surface area contributed by atoms with Gasteiger partial charge in [-0.15, -0.1) is 16.9 Å². The summed E-state index contributed by atoms with van der Waals surface area (Å²) in [6.07, 6.45) is 0. The van der Waals surface area contributed by atoms with Crippen LogP contribution in [0.4, 0.5) is 0 Å².